The van der Waals surface area contributed by atoms with Gasteiger partial charge in [0.1, 0.15) is 0 Å². The van der Waals surface area contributed by atoms with Gasteiger partial charge in [0.15, 0.2) is 0 Å². The van der Waals surface area contributed by atoms with Gasteiger partial charge in [0.25, 0.3) is 5.91 Å². The smallest absolute Gasteiger partial charge is 0.251 e. The van der Waals surface area contributed by atoms with Crippen LogP contribution in [0.1, 0.15) is 33.7 Å². The molecule has 8 nitrogen and oxygen atoms in total. The fourth-order valence-electron chi connectivity index (χ4n) is 3.63. The minimum absolute atomic E-state index is 0.124. The third kappa shape index (κ3) is 5.35. The fourth-order valence-corrected chi connectivity index (χ4v) is 3.63. The highest BCUT2D eigenvalue weighted by atomic mass is 16.2. The highest BCUT2D eigenvalue weighted by molar-refractivity contribution is 5.97. The number of nitrogens with zero attached hydrogens (tertiary/aromatic N) is 4. The zero-order valence-corrected chi connectivity index (χ0v) is 18.7. The molecular weight excluding hydrogens is 416 g/mol. The molecule has 0 aliphatic heterocycles. The lowest BCUT2D eigenvalue weighted by atomic mass is 10.1. The Morgan fingerprint density at radius 3 is 2.61 bits per heavy atom. The summed E-state index contributed by atoms with van der Waals surface area (Å²) in [6.07, 6.45) is 5.48. The van der Waals surface area contributed by atoms with E-state index in [-0.39, 0.29) is 11.8 Å². The first kappa shape index (κ1) is 22.0. The Kier molecular flexibility index (Phi) is 6.64. The summed E-state index contributed by atoms with van der Waals surface area (Å²) in [4.78, 5) is 29.0. The van der Waals surface area contributed by atoms with Crippen molar-refractivity contribution in [2.75, 3.05) is 5.32 Å². The zero-order chi connectivity index (χ0) is 23.2. The monoisotopic (exact) mass is 442 g/mol. The number of hydrogen-bond acceptors (Lipinski definition) is 4. The molecule has 4 aromatic rings. The van der Waals surface area contributed by atoms with Gasteiger partial charge in [-0.25, -0.2) is 9.67 Å². The molecule has 4 rings (SSSR count). The predicted octanol–water partition coefficient (Wildman–Crippen LogP) is 3.64. The average Bonchev–Trinajstić information content (AvgIpc) is 3.45. The lowest BCUT2D eigenvalue weighted by Crippen LogP contribution is -2.23. The molecule has 0 spiro atoms. The molecule has 0 saturated carbocycles. The van der Waals surface area contributed by atoms with Crippen LogP contribution in [-0.4, -0.2) is 31.1 Å². The van der Waals surface area contributed by atoms with Gasteiger partial charge in [0, 0.05) is 54.4 Å². The number of imidazole rings is 1. The Morgan fingerprint density at radius 1 is 1.03 bits per heavy atom. The molecule has 2 heterocycles. The maximum absolute atomic E-state index is 12.8. The van der Waals surface area contributed by atoms with E-state index in [9.17, 15) is 9.59 Å². The van der Waals surface area contributed by atoms with Crippen molar-refractivity contribution in [3.8, 4) is 5.69 Å². The fraction of sp³-hybridized carbons (Fsp3) is 0.200. The zero-order valence-electron chi connectivity index (χ0n) is 18.7. The summed E-state index contributed by atoms with van der Waals surface area (Å²) in [5, 5.41) is 10.4. The van der Waals surface area contributed by atoms with Gasteiger partial charge >= 0.3 is 0 Å². The van der Waals surface area contributed by atoms with Crippen molar-refractivity contribution in [2.45, 2.75) is 33.4 Å². The summed E-state index contributed by atoms with van der Waals surface area (Å²) in [7, 11) is 0. The van der Waals surface area contributed by atoms with E-state index in [4.69, 9.17) is 0 Å². The minimum Gasteiger partial charge on any atom is -0.348 e. The number of para-hydroxylation sites is 1. The standard InChI is InChI=1S/C25H26N6O2/c1-18-23(19(2)31(29-18)22-9-4-3-5-10-22)16-27-25(33)20-7-6-8-21(15-20)28-24(32)11-13-30-14-12-26-17-30/h3-10,12,14-15,17H,11,13,16H2,1-2H3,(H,27,33)(H,28,32). The van der Waals surface area contributed by atoms with Crippen LogP contribution < -0.4 is 10.6 Å². The topological polar surface area (TPSA) is 93.8 Å². The molecule has 2 N–H and O–H groups in total. The van der Waals surface area contributed by atoms with Crippen molar-refractivity contribution in [2.24, 2.45) is 0 Å². The van der Waals surface area contributed by atoms with Crippen LogP contribution in [0.15, 0.2) is 73.3 Å². The first-order valence-electron chi connectivity index (χ1n) is 10.8. The summed E-state index contributed by atoms with van der Waals surface area (Å²) in [5.41, 5.74) is 4.88. The third-order valence-corrected chi connectivity index (χ3v) is 5.43. The van der Waals surface area contributed by atoms with Crippen molar-refractivity contribution in [3.63, 3.8) is 0 Å². The van der Waals surface area contributed by atoms with Crippen LogP contribution in [0.3, 0.4) is 0 Å². The van der Waals surface area contributed by atoms with Crippen LogP contribution in [0.5, 0.6) is 0 Å². The van der Waals surface area contributed by atoms with Gasteiger partial charge in [-0.3, -0.25) is 9.59 Å². The van der Waals surface area contributed by atoms with E-state index >= 15 is 0 Å². The third-order valence-electron chi connectivity index (χ3n) is 5.43. The van der Waals surface area contributed by atoms with Gasteiger partial charge in [0.05, 0.1) is 17.7 Å². The quantitative estimate of drug-likeness (QED) is 0.436. The molecule has 0 atom stereocenters. The number of nitrogens with one attached hydrogen (secondary N) is 2. The molecule has 2 aromatic heterocycles. The second kappa shape index (κ2) is 9.95. The Hall–Kier alpha value is -4.20. The van der Waals surface area contributed by atoms with E-state index in [0.717, 1.165) is 22.6 Å². The molecule has 0 aliphatic carbocycles. The van der Waals surface area contributed by atoms with Crippen LogP contribution in [0.2, 0.25) is 0 Å². The van der Waals surface area contributed by atoms with Crippen LogP contribution >= 0.6 is 0 Å². The number of aryl methyl sites for hydroxylation is 2. The Morgan fingerprint density at radius 2 is 1.85 bits per heavy atom. The van der Waals surface area contributed by atoms with Crippen molar-refractivity contribution in [3.05, 3.63) is 95.8 Å². The van der Waals surface area contributed by atoms with E-state index < -0.39 is 0 Å². The largest absolute Gasteiger partial charge is 0.348 e. The first-order valence-corrected chi connectivity index (χ1v) is 10.8. The molecule has 2 amide bonds. The molecular formula is C25H26N6O2. The maximum Gasteiger partial charge on any atom is 0.251 e. The van der Waals surface area contributed by atoms with Gasteiger partial charge in [-0.15, -0.1) is 0 Å². The van der Waals surface area contributed by atoms with Crippen LogP contribution in [0.25, 0.3) is 5.69 Å². The van der Waals surface area contributed by atoms with Gasteiger partial charge in [0.2, 0.25) is 5.91 Å². The number of hydrogen-bond donors (Lipinski definition) is 2. The summed E-state index contributed by atoms with van der Waals surface area (Å²) >= 11 is 0. The molecule has 2 aromatic carbocycles. The van der Waals surface area contributed by atoms with Crippen molar-refractivity contribution < 1.29 is 9.59 Å². The van der Waals surface area contributed by atoms with Crippen LogP contribution in [-0.2, 0) is 17.9 Å². The Bertz CT molecular complexity index is 1250. The van der Waals surface area contributed by atoms with Crippen molar-refractivity contribution >= 4 is 17.5 Å². The normalized spacial score (nSPS) is 10.7. The molecule has 8 heteroatoms. The second-order valence-electron chi connectivity index (χ2n) is 7.76. The second-order valence-corrected chi connectivity index (χ2v) is 7.76. The van der Waals surface area contributed by atoms with E-state index in [1.54, 1.807) is 36.8 Å². The number of rotatable bonds is 8. The number of amides is 2. The molecule has 33 heavy (non-hydrogen) atoms. The summed E-state index contributed by atoms with van der Waals surface area (Å²) in [6, 6.07) is 16.8. The van der Waals surface area contributed by atoms with Crippen molar-refractivity contribution in [1.82, 2.24) is 24.6 Å². The number of carbonyl (C=O) groups excluding carboxylic acids is 2. The average molecular weight is 443 g/mol. The lowest BCUT2D eigenvalue weighted by Gasteiger charge is -2.09. The Balaban J connectivity index is 1.37. The number of aromatic nitrogens is 4. The van der Waals surface area contributed by atoms with E-state index in [1.807, 2.05) is 59.6 Å². The maximum atomic E-state index is 12.8. The highest BCUT2D eigenvalue weighted by Crippen LogP contribution is 2.18. The predicted molar refractivity (Wildman–Crippen MR) is 126 cm³/mol. The van der Waals surface area contributed by atoms with Crippen LogP contribution in [0, 0.1) is 13.8 Å². The summed E-state index contributed by atoms with van der Waals surface area (Å²) < 4.78 is 3.73. The number of carbonyl (C=O) groups is 2. The minimum atomic E-state index is -0.212. The summed E-state index contributed by atoms with van der Waals surface area (Å²) in [6.45, 7) is 4.84. The molecule has 0 fully saturated rings. The van der Waals surface area contributed by atoms with Crippen molar-refractivity contribution in [1.29, 1.82) is 0 Å². The van der Waals surface area contributed by atoms with Gasteiger partial charge in [-0.05, 0) is 44.2 Å². The SMILES string of the molecule is Cc1nn(-c2ccccc2)c(C)c1CNC(=O)c1cccc(NC(=O)CCn2ccnc2)c1. The summed E-state index contributed by atoms with van der Waals surface area (Å²) in [5.74, 6) is -0.336. The molecule has 0 radical (unpaired) electrons. The number of anilines is 1. The lowest BCUT2D eigenvalue weighted by molar-refractivity contribution is -0.116. The van der Waals surface area contributed by atoms with Gasteiger partial charge < -0.3 is 15.2 Å². The molecule has 0 bridgehead atoms. The van der Waals surface area contributed by atoms with Gasteiger partial charge in [-0.1, -0.05) is 24.3 Å². The molecule has 168 valence electrons. The van der Waals surface area contributed by atoms with E-state index in [1.165, 1.54) is 0 Å². The molecule has 0 unspecified atom stereocenters. The van der Waals surface area contributed by atoms with E-state index in [0.29, 0.717) is 30.8 Å². The Labute approximate surface area is 192 Å². The van der Waals surface area contributed by atoms with Gasteiger partial charge in [-0.2, -0.15) is 5.10 Å². The van der Waals surface area contributed by atoms with Crippen LogP contribution in [0.4, 0.5) is 5.69 Å². The number of benzene rings is 2. The molecule has 0 aliphatic rings. The van der Waals surface area contributed by atoms with E-state index in [2.05, 4.69) is 20.7 Å². The molecule has 0 saturated heterocycles. The highest BCUT2D eigenvalue weighted by Gasteiger charge is 2.15. The first-order chi connectivity index (χ1) is 16.0.